The second-order valence-electron chi connectivity index (χ2n) is 7.01. The number of H-pyrrole nitrogens is 1. The van der Waals surface area contributed by atoms with Gasteiger partial charge in [-0.3, -0.25) is 4.79 Å². The van der Waals surface area contributed by atoms with Crippen LogP contribution in [0, 0.1) is 20.8 Å². The van der Waals surface area contributed by atoms with E-state index in [9.17, 15) is 9.90 Å². The van der Waals surface area contributed by atoms with Crippen LogP contribution >= 0.6 is 0 Å². The van der Waals surface area contributed by atoms with Gasteiger partial charge in [-0.05, 0) is 61.0 Å². The number of benzene rings is 2. The number of ether oxygens (including phenoxy) is 1. The van der Waals surface area contributed by atoms with Gasteiger partial charge in [-0.25, -0.2) is 0 Å². The van der Waals surface area contributed by atoms with Gasteiger partial charge in [-0.1, -0.05) is 24.3 Å². The summed E-state index contributed by atoms with van der Waals surface area (Å²) < 4.78 is 5.72. The molecule has 1 atom stereocenters. The minimum absolute atomic E-state index is 0.110. The predicted molar refractivity (Wildman–Crippen MR) is 108 cm³/mol. The SMILES string of the molecule is Cc1ccc2cc(CNC[C@H](O)COc3cccc(C)c3C)c(=O)[nH]c2c1. The van der Waals surface area contributed by atoms with E-state index in [1.807, 2.05) is 63.2 Å². The first-order valence-electron chi connectivity index (χ1n) is 9.14. The molecule has 2 aromatic carbocycles. The summed E-state index contributed by atoms with van der Waals surface area (Å²) in [5, 5.41) is 14.3. The van der Waals surface area contributed by atoms with Gasteiger partial charge in [-0.2, -0.15) is 0 Å². The second-order valence-corrected chi connectivity index (χ2v) is 7.01. The van der Waals surface area contributed by atoms with Gasteiger partial charge in [-0.15, -0.1) is 0 Å². The third-order valence-electron chi connectivity index (χ3n) is 4.76. The van der Waals surface area contributed by atoms with Crippen molar-refractivity contribution >= 4 is 10.9 Å². The van der Waals surface area contributed by atoms with E-state index in [4.69, 9.17) is 4.74 Å². The highest BCUT2D eigenvalue weighted by molar-refractivity contribution is 5.79. The molecule has 0 saturated heterocycles. The standard InChI is InChI=1S/C22H26N2O3/c1-14-7-8-17-10-18(22(26)24-20(17)9-14)11-23-12-19(25)13-27-21-6-4-5-15(2)16(21)3/h4-10,19,23,25H,11-13H2,1-3H3,(H,24,26)/t19-/m0/s1. The van der Waals surface area contributed by atoms with Crippen molar-refractivity contribution in [3.05, 3.63) is 75.1 Å². The van der Waals surface area contributed by atoms with E-state index in [2.05, 4.69) is 10.3 Å². The van der Waals surface area contributed by atoms with Gasteiger partial charge >= 0.3 is 0 Å². The van der Waals surface area contributed by atoms with Gasteiger partial charge in [0.05, 0.1) is 0 Å². The fourth-order valence-corrected chi connectivity index (χ4v) is 2.99. The molecule has 142 valence electrons. The second kappa shape index (κ2) is 8.37. The number of fused-ring (bicyclic) bond motifs is 1. The molecule has 0 fully saturated rings. The average Bonchev–Trinajstić information content (AvgIpc) is 2.63. The molecule has 0 unspecified atom stereocenters. The summed E-state index contributed by atoms with van der Waals surface area (Å²) in [5.41, 5.74) is 4.72. The Morgan fingerprint density at radius 1 is 1.15 bits per heavy atom. The van der Waals surface area contributed by atoms with Crippen molar-refractivity contribution in [1.82, 2.24) is 10.3 Å². The highest BCUT2D eigenvalue weighted by Crippen LogP contribution is 2.20. The zero-order valence-corrected chi connectivity index (χ0v) is 16.0. The van der Waals surface area contributed by atoms with Crippen molar-refractivity contribution < 1.29 is 9.84 Å². The van der Waals surface area contributed by atoms with Crippen LogP contribution in [0.3, 0.4) is 0 Å². The van der Waals surface area contributed by atoms with Gasteiger partial charge < -0.3 is 20.1 Å². The van der Waals surface area contributed by atoms with Gasteiger partial charge in [0.1, 0.15) is 18.5 Å². The van der Waals surface area contributed by atoms with Crippen molar-refractivity contribution in [1.29, 1.82) is 0 Å². The number of aliphatic hydroxyl groups is 1. The van der Waals surface area contributed by atoms with Crippen LogP contribution in [0.25, 0.3) is 10.9 Å². The minimum atomic E-state index is -0.660. The summed E-state index contributed by atoms with van der Waals surface area (Å²) >= 11 is 0. The van der Waals surface area contributed by atoms with E-state index in [0.717, 1.165) is 33.3 Å². The van der Waals surface area contributed by atoms with E-state index in [0.29, 0.717) is 18.7 Å². The van der Waals surface area contributed by atoms with E-state index in [1.165, 1.54) is 0 Å². The third-order valence-corrected chi connectivity index (χ3v) is 4.76. The van der Waals surface area contributed by atoms with Crippen LogP contribution in [0.2, 0.25) is 0 Å². The van der Waals surface area contributed by atoms with E-state index in [-0.39, 0.29) is 12.2 Å². The zero-order valence-electron chi connectivity index (χ0n) is 16.0. The number of aromatic nitrogens is 1. The molecule has 3 N–H and O–H groups in total. The number of hydrogen-bond acceptors (Lipinski definition) is 4. The molecule has 5 nitrogen and oxygen atoms in total. The van der Waals surface area contributed by atoms with Crippen LogP contribution in [-0.2, 0) is 6.54 Å². The number of aryl methyl sites for hydroxylation is 2. The predicted octanol–water partition coefficient (Wildman–Crippen LogP) is 2.98. The van der Waals surface area contributed by atoms with Gasteiger partial charge in [0.25, 0.3) is 5.56 Å². The maximum atomic E-state index is 12.2. The first kappa shape index (κ1) is 19.1. The molecule has 1 heterocycles. The molecule has 0 saturated carbocycles. The maximum Gasteiger partial charge on any atom is 0.252 e. The fourth-order valence-electron chi connectivity index (χ4n) is 2.99. The molecule has 0 aliphatic rings. The number of hydrogen-bond donors (Lipinski definition) is 3. The highest BCUT2D eigenvalue weighted by atomic mass is 16.5. The Morgan fingerprint density at radius 3 is 2.78 bits per heavy atom. The molecule has 27 heavy (non-hydrogen) atoms. The van der Waals surface area contributed by atoms with Gasteiger partial charge in [0.2, 0.25) is 0 Å². The smallest absolute Gasteiger partial charge is 0.252 e. The van der Waals surface area contributed by atoms with Gasteiger partial charge in [0, 0.05) is 24.2 Å². The van der Waals surface area contributed by atoms with Crippen molar-refractivity contribution in [2.75, 3.05) is 13.2 Å². The first-order chi connectivity index (χ1) is 12.9. The maximum absolute atomic E-state index is 12.2. The molecular formula is C22H26N2O3. The van der Waals surface area contributed by atoms with Crippen molar-refractivity contribution in [2.45, 2.75) is 33.4 Å². The van der Waals surface area contributed by atoms with Crippen LogP contribution in [0.5, 0.6) is 5.75 Å². The molecule has 0 bridgehead atoms. The number of rotatable bonds is 7. The Hall–Kier alpha value is -2.63. The van der Waals surface area contributed by atoms with Crippen molar-refractivity contribution in [3.8, 4) is 5.75 Å². The minimum Gasteiger partial charge on any atom is -0.491 e. The van der Waals surface area contributed by atoms with E-state index >= 15 is 0 Å². The third kappa shape index (κ3) is 4.76. The Labute approximate surface area is 159 Å². The summed E-state index contributed by atoms with van der Waals surface area (Å²) in [6.45, 7) is 6.96. The number of nitrogens with one attached hydrogen (secondary N) is 2. The molecule has 1 aromatic heterocycles. The van der Waals surface area contributed by atoms with Crippen LogP contribution in [-0.4, -0.2) is 29.3 Å². The van der Waals surface area contributed by atoms with Crippen LogP contribution in [0.4, 0.5) is 0 Å². The van der Waals surface area contributed by atoms with Crippen molar-refractivity contribution in [2.24, 2.45) is 0 Å². The summed E-state index contributed by atoms with van der Waals surface area (Å²) in [6.07, 6.45) is -0.660. The lowest BCUT2D eigenvalue weighted by molar-refractivity contribution is 0.106. The molecule has 0 aliphatic heterocycles. The van der Waals surface area contributed by atoms with E-state index in [1.54, 1.807) is 0 Å². The monoisotopic (exact) mass is 366 g/mol. The molecule has 0 spiro atoms. The lowest BCUT2D eigenvalue weighted by atomic mass is 10.1. The first-order valence-corrected chi connectivity index (χ1v) is 9.14. The lowest BCUT2D eigenvalue weighted by Gasteiger charge is -2.15. The topological polar surface area (TPSA) is 74.3 Å². The molecule has 3 aromatic rings. The Kier molecular flexibility index (Phi) is 5.94. The molecule has 0 radical (unpaired) electrons. The lowest BCUT2D eigenvalue weighted by Crippen LogP contribution is -2.32. The number of aliphatic hydroxyl groups excluding tert-OH is 1. The van der Waals surface area contributed by atoms with Crippen molar-refractivity contribution in [3.63, 3.8) is 0 Å². The number of pyridine rings is 1. The number of aromatic amines is 1. The normalized spacial score (nSPS) is 12.3. The summed E-state index contributed by atoms with van der Waals surface area (Å²) in [4.78, 5) is 15.1. The Morgan fingerprint density at radius 2 is 1.96 bits per heavy atom. The fraction of sp³-hybridized carbons (Fsp3) is 0.318. The van der Waals surface area contributed by atoms with Crippen LogP contribution < -0.4 is 15.6 Å². The molecule has 5 heteroatoms. The largest absolute Gasteiger partial charge is 0.491 e. The summed E-state index contributed by atoms with van der Waals surface area (Å²) in [5.74, 6) is 0.787. The van der Waals surface area contributed by atoms with Gasteiger partial charge in [0.15, 0.2) is 0 Å². The highest BCUT2D eigenvalue weighted by Gasteiger charge is 2.09. The average molecular weight is 366 g/mol. The molecule has 0 aliphatic carbocycles. The summed E-state index contributed by atoms with van der Waals surface area (Å²) in [6, 6.07) is 13.7. The van der Waals surface area contributed by atoms with Crippen LogP contribution in [0.1, 0.15) is 22.3 Å². The Balaban J connectivity index is 1.54. The Bertz CT molecular complexity index is 995. The quantitative estimate of drug-likeness (QED) is 0.601. The van der Waals surface area contributed by atoms with Crippen LogP contribution in [0.15, 0.2) is 47.3 Å². The zero-order chi connectivity index (χ0) is 19.4. The van der Waals surface area contributed by atoms with E-state index < -0.39 is 6.10 Å². The summed E-state index contributed by atoms with van der Waals surface area (Å²) in [7, 11) is 0. The molecular weight excluding hydrogens is 340 g/mol. The molecule has 3 rings (SSSR count). The molecule has 0 amide bonds.